The number of rotatable bonds is 8. The Hall–Kier alpha value is -0.450. The Morgan fingerprint density at radius 3 is 2.88 bits per heavy atom. The zero-order valence-electron chi connectivity index (χ0n) is 10.4. The molecule has 1 unspecified atom stereocenters. The van der Waals surface area contributed by atoms with Crippen molar-refractivity contribution in [3.05, 3.63) is 16.6 Å². The van der Waals surface area contributed by atoms with E-state index in [4.69, 9.17) is 4.74 Å². The molecule has 1 aromatic rings. The van der Waals surface area contributed by atoms with Gasteiger partial charge in [-0.1, -0.05) is 13.8 Å². The first-order chi connectivity index (χ1) is 7.74. The molecule has 0 aliphatic rings. The van der Waals surface area contributed by atoms with E-state index in [2.05, 4.69) is 31.1 Å². The van der Waals surface area contributed by atoms with Crippen molar-refractivity contribution in [2.45, 2.75) is 39.8 Å². The number of hydrogen-bond donors (Lipinski definition) is 1. The molecule has 0 aliphatic carbocycles. The average molecular weight is 242 g/mol. The van der Waals surface area contributed by atoms with Gasteiger partial charge in [-0.15, -0.1) is 11.3 Å². The van der Waals surface area contributed by atoms with E-state index in [1.807, 2.05) is 11.7 Å². The van der Waals surface area contributed by atoms with E-state index in [0.29, 0.717) is 12.0 Å². The molecule has 92 valence electrons. The standard InChI is InChI=1S/C12H22N2OS/c1-4-15-12(10(2)3)5-6-13-7-11-8-14-9-16-11/h8-10,12-13H,4-7H2,1-3H3. The summed E-state index contributed by atoms with van der Waals surface area (Å²) in [7, 11) is 0. The van der Waals surface area contributed by atoms with Crippen LogP contribution in [0.4, 0.5) is 0 Å². The zero-order valence-corrected chi connectivity index (χ0v) is 11.2. The number of hydrogen-bond acceptors (Lipinski definition) is 4. The summed E-state index contributed by atoms with van der Waals surface area (Å²) in [6, 6.07) is 0. The molecule has 3 nitrogen and oxygen atoms in total. The molecular weight excluding hydrogens is 220 g/mol. The summed E-state index contributed by atoms with van der Waals surface area (Å²) in [4.78, 5) is 5.34. The molecule has 0 aliphatic heterocycles. The maximum absolute atomic E-state index is 5.69. The van der Waals surface area contributed by atoms with Crippen LogP contribution in [-0.4, -0.2) is 24.2 Å². The molecule has 1 heterocycles. The Balaban J connectivity index is 2.13. The van der Waals surface area contributed by atoms with Crippen LogP contribution in [0, 0.1) is 5.92 Å². The van der Waals surface area contributed by atoms with Crippen molar-refractivity contribution in [1.29, 1.82) is 0 Å². The van der Waals surface area contributed by atoms with Crippen LogP contribution in [0.1, 0.15) is 32.1 Å². The van der Waals surface area contributed by atoms with Gasteiger partial charge >= 0.3 is 0 Å². The highest BCUT2D eigenvalue weighted by Crippen LogP contribution is 2.10. The monoisotopic (exact) mass is 242 g/mol. The predicted molar refractivity (Wildman–Crippen MR) is 68.7 cm³/mol. The molecule has 16 heavy (non-hydrogen) atoms. The van der Waals surface area contributed by atoms with Crippen molar-refractivity contribution >= 4 is 11.3 Å². The van der Waals surface area contributed by atoms with Gasteiger partial charge in [0.05, 0.1) is 11.6 Å². The largest absolute Gasteiger partial charge is 0.378 e. The lowest BCUT2D eigenvalue weighted by atomic mass is 10.0. The molecule has 0 amide bonds. The molecule has 1 rings (SSSR count). The van der Waals surface area contributed by atoms with Gasteiger partial charge < -0.3 is 10.1 Å². The lowest BCUT2D eigenvalue weighted by molar-refractivity contribution is 0.0251. The second-order valence-corrected chi connectivity index (χ2v) is 5.14. The number of ether oxygens (including phenoxy) is 1. The van der Waals surface area contributed by atoms with E-state index in [9.17, 15) is 0 Å². The summed E-state index contributed by atoms with van der Waals surface area (Å²) in [5.74, 6) is 0.588. The maximum Gasteiger partial charge on any atom is 0.0794 e. The van der Waals surface area contributed by atoms with Crippen LogP contribution in [0.25, 0.3) is 0 Å². The summed E-state index contributed by atoms with van der Waals surface area (Å²) in [5, 5.41) is 3.42. The summed E-state index contributed by atoms with van der Waals surface area (Å²) in [5.41, 5.74) is 1.87. The van der Waals surface area contributed by atoms with E-state index < -0.39 is 0 Å². The van der Waals surface area contributed by atoms with Crippen molar-refractivity contribution in [1.82, 2.24) is 10.3 Å². The Morgan fingerprint density at radius 1 is 1.50 bits per heavy atom. The molecule has 0 radical (unpaired) electrons. The molecule has 1 N–H and O–H groups in total. The number of aromatic nitrogens is 1. The van der Waals surface area contributed by atoms with Gasteiger partial charge in [-0.3, -0.25) is 4.98 Å². The zero-order chi connectivity index (χ0) is 11.8. The van der Waals surface area contributed by atoms with Gasteiger partial charge in [0.2, 0.25) is 0 Å². The molecule has 0 aromatic carbocycles. The van der Waals surface area contributed by atoms with Gasteiger partial charge in [-0.25, -0.2) is 0 Å². The highest BCUT2D eigenvalue weighted by atomic mass is 32.1. The molecule has 1 aromatic heterocycles. The Morgan fingerprint density at radius 2 is 2.31 bits per heavy atom. The van der Waals surface area contributed by atoms with Crippen LogP contribution < -0.4 is 5.32 Å². The van der Waals surface area contributed by atoms with E-state index in [0.717, 1.165) is 26.1 Å². The molecule has 1 atom stereocenters. The normalized spacial score (nSPS) is 13.2. The Kier molecular flexibility index (Phi) is 6.61. The van der Waals surface area contributed by atoms with Crippen molar-refractivity contribution in [3.63, 3.8) is 0 Å². The minimum absolute atomic E-state index is 0.374. The van der Waals surface area contributed by atoms with Crippen LogP contribution in [-0.2, 0) is 11.3 Å². The first kappa shape index (κ1) is 13.6. The minimum Gasteiger partial charge on any atom is -0.378 e. The quantitative estimate of drug-likeness (QED) is 0.712. The van der Waals surface area contributed by atoms with Crippen LogP contribution in [0.5, 0.6) is 0 Å². The van der Waals surface area contributed by atoms with Crippen molar-refractivity contribution in [2.75, 3.05) is 13.2 Å². The first-order valence-electron chi connectivity index (χ1n) is 5.93. The van der Waals surface area contributed by atoms with Gasteiger partial charge in [0.25, 0.3) is 0 Å². The molecule has 0 bridgehead atoms. The van der Waals surface area contributed by atoms with Crippen LogP contribution in [0.15, 0.2) is 11.7 Å². The summed E-state index contributed by atoms with van der Waals surface area (Å²) >= 11 is 1.69. The van der Waals surface area contributed by atoms with E-state index in [1.54, 1.807) is 11.3 Å². The first-order valence-corrected chi connectivity index (χ1v) is 6.81. The summed E-state index contributed by atoms with van der Waals surface area (Å²) in [6.45, 7) is 9.20. The molecule has 0 saturated heterocycles. The summed E-state index contributed by atoms with van der Waals surface area (Å²) in [6.07, 6.45) is 3.36. The number of nitrogens with zero attached hydrogens (tertiary/aromatic N) is 1. The van der Waals surface area contributed by atoms with Gasteiger partial charge in [0, 0.05) is 24.2 Å². The van der Waals surface area contributed by atoms with Crippen molar-refractivity contribution in [3.8, 4) is 0 Å². The molecule has 0 saturated carbocycles. The Bertz CT molecular complexity index is 262. The number of thiazole rings is 1. The smallest absolute Gasteiger partial charge is 0.0794 e. The molecule has 0 spiro atoms. The fourth-order valence-corrected chi connectivity index (χ4v) is 2.17. The van der Waals surface area contributed by atoms with Crippen LogP contribution in [0.2, 0.25) is 0 Å². The van der Waals surface area contributed by atoms with Gasteiger partial charge in [-0.2, -0.15) is 0 Å². The van der Waals surface area contributed by atoms with Crippen LogP contribution >= 0.6 is 11.3 Å². The van der Waals surface area contributed by atoms with Crippen molar-refractivity contribution in [2.24, 2.45) is 5.92 Å². The highest BCUT2D eigenvalue weighted by molar-refractivity contribution is 7.09. The number of nitrogens with one attached hydrogen (secondary N) is 1. The van der Waals surface area contributed by atoms with Gasteiger partial charge in [-0.05, 0) is 25.8 Å². The molecular formula is C12H22N2OS. The fraction of sp³-hybridized carbons (Fsp3) is 0.750. The lowest BCUT2D eigenvalue weighted by Gasteiger charge is -2.20. The van der Waals surface area contributed by atoms with Crippen molar-refractivity contribution < 1.29 is 4.74 Å². The van der Waals surface area contributed by atoms with Gasteiger partial charge in [0.1, 0.15) is 0 Å². The average Bonchev–Trinajstić information content (AvgIpc) is 2.75. The maximum atomic E-state index is 5.69. The predicted octanol–water partition coefficient (Wildman–Crippen LogP) is 2.68. The van der Waals surface area contributed by atoms with E-state index in [-0.39, 0.29) is 0 Å². The third-order valence-corrected chi connectivity index (χ3v) is 3.29. The van der Waals surface area contributed by atoms with E-state index >= 15 is 0 Å². The third-order valence-electron chi connectivity index (χ3n) is 2.51. The topological polar surface area (TPSA) is 34.1 Å². The lowest BCUT2D eigenvalue weighted by Crippen LogP contribution is -2.26. The fourth-order valence-electron chi connectivity index (χ4n) is 1.61. The molecule has 0 fully saturated rings. The SMILES string of the molecule is CCOC(CCNCc1cncs1)C(C)C. The second-order valence-electron chi connectivity index (χ2n) is 4.17. The van der Waals surface area contributed by atoms with E-state index in [1.165, 1.54) is 4.88 Å². The third kappa shape index (κ3) is 5.05. The highest BCUT2D eigenvalue weighted by Gasteiger charge is 2.12. The molecule has 4 heteroatoms. The van der Waals surface area contributed by atoms with Crippen LogP contribution in [0.3, 0.4) is 0 Å². The summed E-state index contributed by atoms with van der Waals surface area (Å²) < 4.78 is 5.69. The minimum atomic E-state index is 0.374. The second kappa shape index (κ2) is 7.76. The Labute approximate surface area is 102 Å². The van der Waals surface area contributed by atoms with Gasteiger partial charge in [0.15, 0.2) is 0 Å².